The summed E-state index contributed by atoms with van der Waals surface area (Å²) in [5, 5.41) is 12.1. The number of nitrogens with zero attached hydrogens (tertiary/aromatic N) is 1. The largest absolute Gasteiger partial charge is 0.478 e. The van der Waals surface area contributed by atoms with Crippen LogP contribution in [0, 0.1) is 5.92 Å². The normalized spacial score (nSPS) is 24.0. The van der Waals surface area contributed by atoms with E-state index in [-0.39, 0.29) is 17.6 Å². The van der Waals surface area contributed by atoms with Gasteiger partial charge in [0.1, 0.15) is 0 Å². The second-order valence-corrected chi connectivity index (χ2v) is 6.11. The summed E-state index contributed by atoms with van der Waals surface area (Å²) in [6.45, 7) is 3.22. The van der Waals surface area contributed by atoms with Gasteiger partial charge < -0.3 is 15.3 Å². The first kappa shape index (κ1) is 13.9. The smallest absolute Gasteiger partial charge is 0.335 e. The van der Waals surface area contributed by atoms with Crippen LogP contribution in [-0.4, -0.2) is 28.0 Å². The number of aromatic carboxylic acids is 1. The van der Waals surface area contributed by atoms with Crippen LogP contribution in [0.15, 0.2) is 18.2 Å². The minimum Gasteiger partial charge on any atom is -0.478 e. The van der Waals surface area contributed by atoms with Crippen LogP contribution >= 0.6 is 0 Å². The van der Waals surface area contributed by atoms with Crippen molar-refractivity contribution in [1.82, 2.24) is 10.2 Å². The van der Waals surface area contributed by atoms with Crippen molar-refractivity contribution in [2.45, 2.75) is 45.3 Å². The van der Waals surface area contributed by atoms with Gasteiger partial charge in [0.25, 0.3) is 0 Å². The molecule has 2 unspecified atom stereocenters. The SMILES string of the molecule is CC1CCCC1NC(=O)N1Cc2ccc(C(=O)O)cc2C1. The molecule has 2 N–H and O–H groups in total. The summed E-state index contributed by atoms with van der Waals surface area (Å²) in [4.78, 5) is 25.1. The van der Waals surface area contributed by atoms with E-state index in [1.54, 1.807) is 17.0 Å². The number of nitrogens with one attached hydrogen (secondary N) is 1. The zero-order valence-corrected chi connectivity index (χ0v) is 12.1. The first-order chi connectivity index (χ1) is 10.0. The number of fused-ring (bicyclic) bond motifs is 1. The lowest BCUT2D eigenvalue weighted by atomic mass is 10.1. The average Bonchev–Trinajstić information content (AvgIpc) is 3.04. The summed E-state index contributed by atoms with van der Waals surface area (Å²) in [5.41, 5.74) is 2.25. The molecule has 2 amide bonds. The highest BCUT2D eigenvalue weighted by Gasteiger charge is 2.29. The molecule has 2 atom stereocenters. The number of hydrogen-bond acceptors (Lipinski definition) is 2. The van der Waals surface area contributed by atoms with Crippen LogP contribution in [0.25, 0.3) is 0 Å². The Hall–Kier alpha value is -2.04. The zero-order valence-electron chi connectivity index (χ0n) is 12.1. The molecule has 1 fully saturated rings. The zero-order chi connectivity index (χ0) is 15.0. The molecule has 0 spiro atoms. The molecule has 1 aliphatic carbocycles. The predicted molar refractivity (Wildman–Crippen MR) is 78.0 cm³/mol. The van der Waals surface area contributed by atoms with Crippen LogP contribution < -0.4 is 5.32 Å². The summed E-state index contributed by atoms with van der Waals surface area (Å²) < 4.78 is 0. The average molecular weight is 288 g/mol. The standard InChI is InChI=1S/C16H20N2O3/c1-10-3-2-4-14(10)17-16(21)18-8-12-6-5-11(15(19)20)7-13(12)9-18/h5-7,10,14H,2-4,8-9H2,1H3,(H,17,21)(H,19,20). The van der Waals surface area contributed by atoms with E-state index in [1.807, 2.05) is 6.07 Å². The number of carboxylic acids is 1. The predicted octanol–water partition coefficient (Wildman–Crippen LogP) is 2.60. The van der Waals surface area contributed by atoms with Gasteiger partial charge in [0.15, 0.2) is 0 Å². The van der Waals surface area contributed by atoms with Crippen molar-refractivity contribution in [2.75, 3.05) is 0 Å². The quantitative estimate of drug-likeness (QED) is 0.878. The maximum absolute atomic E-state index is 12.3. The molecule has 5 nitrogen and oxygen atoms in total. The van der Waals surface area contributed by atoms with E-state index in [1.165, 1.54) is 12.8 Å². The third-order valence-electron chi connectivity index (χ3n) is 4.63. The maximum atomic E-state index is 12.3. The lowest BCUT2D eigenvalue weighted by molar-refractivity contribution is 0.0696. The van der Waals surface area contributed by atoms with Crippen LogP contribution in [0.4, 0.5) is 4.79 Å². The van der Waals surface area contributed by atoms with Gasteiger partial charge in [-0.1, -0.05) is 19.4 Å². The molecule has 2 aliphatic rings. The number of rotatable bonds is 2. The van der Waals surface area contributed by atoms with Crippen LogP contribution in [0.2, 0.25) is 0 Å². The van der Waals surface area contributed by atoms with Crippen molar-refractivity contribution >= 4 is 12.0 Å². The molecule has 1 heterocycles. The number of urea groups is 1. The minimum atomic E-state index is -0.930. The number of amides is 2. The molecular weight excluding hydrogens is 268 g/mol. The summed E-state index contributed by atoms with van der Waals surface area (Å²) >= 11 is 0. The van der Waals surface area contributed by atoms with Crippen molar-refractivity contribution in [2.24, 2.45) is 5.92 Å². The highest BCUT2D eigenvalue weighted by Crippen LogP contribution is 2.27. The van der Waals surface area contributed by atoms with Gasteiger partial charge in [0.2, 0.25) is 0 Å². The van der Waals surface area contributed by atoms with E-state index in [2.05, 4.69) is 12.2 Å². The fourth-order valence-corrected chi connectivity index (χ4v) is 3.28. The van der Waals surface area contributed by atoms with Gasteiger partial charge in [-0.05, 0) is 42.0 Å². The fraction of sp³-hybridized carbons (Fsp3) is 0.500. The molecule has 1 aromatic carbocycles. The van der Waals surface area contributed by atoms with Crippen molar-refractivity contribution in [3.63, 3.8) is 0 Å². The monoisotopic (exact) mass is 288 g/mol. The molecule has 0 aromatic heterocycles. The third kappa shape index (κ3) is 2.73. The number of benzene rings is 1. The highest BCUT2D eigenvalue weighted by atomic mass is 16.4. The second-order valence-electron chi connectivity index (χ2n) is 6.11. The van der Waals surface area contributed by atoms with E-state index in [9.17, 15) is 9.59 Å². The molecule has 0 bridgehead atoms. The van der Waals surface area contributed by atoms with Gasteiger partial charge in [0, 0.05) is 19.1 Å². The van der Waals surface area contributed by atoms with Crippen LogP contribution in [0.5, 0.6) is 0 Å². The van der Waals surface area contributed by atoms with E-state index < -0.39 is 5.97 Å². The molecular formula is C16H20N2O3. The Bertz CT molecular complexity index is 585. The third-order valence-corrected chi connectivity index (χ3v) is 4.63. The second kappa shape index (κ2) is 5.39. The summed E-state index contributed by atoms with van der Waals surface area (Å²) in [6.07, 6.45) is 3.40. The Kier molecular flexibility index (Phi) is 3.57. The van der Waals surface area contributed by atoms with Gasteiger partial charge in [-0.15, -0.1) is 0 Å². The first-order valence-corrected chi connectivity index (χ1v) is 7.45. The van der Waals surface area contributed by atoms with Crippen molar-refractivity contribution in [3.05, 3.63) is 34.9 Å². The van der Waals surface area contributed by atoms with Crippen molar-refractivity contribution < 1.29 is 14.7 Å². The van der Waals surface area contributed by atoms with Crippen LogP contribution in [0.1, 0.15) is 47.7 Å². The molecule has 112 valence electrons. The molecule has 21 heavy (non-hydrogen) atoms. The Morgan fingerprint density at radius 3 is 2.67 bits per heavy atom. The molecule has 0 saturated heterocycles. The van der Waals surface area contributed by atoms with Crippen molar-refractivity contribution in [3.8, 4) is 0 Å². The molecule has 3 rings (SSSR count). The van der Waals surface area contributed by atoms with Crippen LogP contribution in [-0.2, 0) is 13.1 Å². The Balaban J connectivity index is 1.66. The highest BCUT2D eigenvalue weighted by molar-refractivity contribution is 5.88. The topological polar surface area (TPSA) is 69.6 Å². The lowest BCUT2D eigenvalue weighted by Gasteiger charge is -2.22. The van der Waals surface area contributed by atoms with Gasteiger partial charge in [-0.3, -0.25) is 0 Å². The number of carbonyl (C=O) groups is 2. The molecule has 0 radical (unpaired) electrons. The Labute approximate surface area is 123 Å². The number of carboxylic acid groups (broad SMARTS) is 1. The maximum Gasteiger partial charge on any atom is 0.335 e. The summed E-state index contributed by atoms with van der Waals surface area (Å²) in [7, 11) is 0. The summed E-state index contributed by atoms with van der Waals surface area (Å²) in [6, 6.07) is 5.31. The fourth-order valence-electron chi connectivity index (χ4n) is 3.28. The van der Waals surface area contributed by atoms with E-state index in [0.29, 0.717) is 19.0 Å². The van der Waals surface area contributed by atoms with E-state index in [0.717, 1.165) is 17.5 Å². The van der Waals surface area contributed by atoms with Gasteiger partial charge >= 0.3 is 12.0 Å². The van der Waals surface area contributed by atoms with E-state index >= 15 is 0 Å². The summed E-state index contributed by atoms with van der Waals surface area (Å²) in [5.74, 6) is -0.391. The Morgan fingerprint density at radius 2 is 2.00 bits per heavy atom. The van der Waals surface area contributed by atoms with Gasteiger partial charge in [0.05, 0.1) is 5.56 Å². The molecule has 1 aromatic rings. The lowest BCUT2D eigenvalue weighted by Crippen LogP contribution is -2.43. The van der Waals surface area contributed by atoms with Gasteiger partial charge in [-0.2, -0.15) is 0 Å². The number of carbonyl (C=O) groups excluding carboxylic acids is 1. The van der Waals surface area contributed by atoms with Crippen molar-refractivity contribution in [1.29, 1.82) is 0 Å². The molecule has 1 saturated carbocycles. The molecule has 5 heteroatoms. The number of hydrogen-bond donors (Lipinski definition) is 2. The molecule has 1 aliphatic heterocycles. The first-order valence-electron chi connectivity index (χ1n) is 7.45. The van der Waals surface area contributed by atoms with Gasteiger partial charge in [-0.25, -0.2) is 9.59 Å². The minimum absolute atomic E-state index is 0.0400. The Morgan fingerprint density at radius 1 is 1.24 bits per heavy atom. The van der Waals surface area contributed by atoms with E-state index in [4.69, 9.17) is 5.11 Å². The van der Waals surface area contributed by atoms with Crippen LogP contribution in [0.3, 0.4) is 0 Å².